The molecule has 12 heterocycles. The van der Waals surface area contributed by atoms with Crippen LogP contribution < -0.4 is 21.3 Å². The maximum absolute atomic E-state index is 12.3. The van der Waals surface area contributed by atoms with Gasteiger partial charge >= 0.3 is 24.4 Å². The van der Waals surface area contributed by atoms with E-state index in [4.69, 9.17) is 65.4 Å². The van der Waals surface area contributed by atoms with Crippen molar-refractivity contribution in [3.63, 3.8) is 0 Å². The van der Waals surface area contributed by atoms with Crippen LogP contribution in [0.1, 0.15) is 77.2 Å². The first-order valence-electron chi connectivity index (χ1n) is 38.9. The van der Waals surface area contributed by atoms with Crippen LogP contribution in [0.5, 0.6) is 0 Å². The van der Waals surface area contributed by atoms with Crippen molar-refractivity contribution in [3.8, 4) is 115 Å². The van der Waals surface area contributed by atoms with Crippen LogP contribution in [0.15, 0.2) is 171 Å². The fourth-order valence-corrected chi connectivity index (χ4v) is 13.8. The summed E-state index contributed by atoms with van der Waals surface area (Å²) < 4.78 is 27.0. The lowest BCUT2D eigenvalue weighted by Crippen LogP contribution is -2.28. The van der Waals surface area contributed by atoms with Crippen molar-refractivity contribution in [2.75, 3.05) is 27.9 Å². The van der Waals surface area contributed by atoms with Gasteiger partial charge in [0.05, 0.1) is 54.9 Å². The molecule has 4 aromatic carbocycles. The van der Waals surface area contributed by atoms with Crippen molar-refractivity contribution in [2.45, 2.75) is 72.2 Å². The number of benzene rings is 4. The predicted octanol–water partition coefficient (Wildman–Crippen LogP) is 18.1. The van der Waals surface area contributed by atoms with Gasteiger partial charge in [0.25, 0.3) is 0 Å². The van der Waals surface area contributed by atoms with Crippen molar-refractivity contribution in [2.24, 2.45) is 28.2 Å². The molecule has 0 spiro atoms. The first-order chi connectivity index (χ1) is 61.5. The first-order valence-corrected chi connectivity index (χ1v) is 40.4. The molecule has 0 aliphatic heterocycles. The number of anilines is 4. The lowest BCUT2D eigenvalue weighted by atomic mass is 10.0. The SMILES string of the molecule is CC(C)OC(=O)Nc1nc(-c2ccn(C)n2)c(-c2cc(Cl)c3ncccc3c2)nc1C#N.CCOC(=O)Nc1nc(-c2ccn(C)n2)c(-c2cc(Cl)c3ncccc3c2)nc1C#N.Cn1ccc(-c2nc(NC(=O)OC(C)(C)C)c(C#N)nc2-c2cc(Cl)c3ncccc3c2)n1.Cn1ccc(-c2nc(NC(=O)OC3CC3)c(C#N)nc2-c2cc(Cl)c3ncccc3c2)n1. The first kappa shape index (κ1) is 88.2. The van der Waals surface area contributed by atoms with Crippen LogP contribution in [0.3, 0.4) is 0 Å². The van der Waals surface area contributed by atoms with E-state index >= 15 is 0 Å². The molecule has 36 nitrogen and oxygen atoms in total. The Hall–Kier alpha value is -16.1. The summed E-state index contributed by atoms with van der Waals surface area (Å²) in [5.41, 5.74) is 9.41. The summed E-state index contributed by atoms with van der Waals surface area (Å²) in [6.45, 7) is 10.5. The maximum atomic E-state index is 12.3. The summed E-state index contributed by atoms with van der Waals surface area (Å²) in [7, 11) is 7.11. The minimum Gasteiger partial charge on any atom is -0.450 e. The summed E-state index contributed by atoms with van der Waals surface area (Å²) in [5.74, 6) is -0.0455. The number of nitriles is 4. The number of hydrogen-bond acceptors (Lipinski definition) is 28. The van der Waals surface area contributed by atoms with Gasteiger partial charge in [0.1, 0.15) is 104 Å². The highest BCUT2D eigenvalue weighted by Gasteiger charge is 2.30. The number of carbonyl (C=O) groups is 4. The second kappa shape index (κ2) is 38.3. The molecule has 1 saturated carbocycles. The monoisotopic (exact) mass is 1790 g/mol. The smallest absolute Gasteiger partial charge is 0.413 e. The van der Waals surface area contributed by atoms with Gasteiger partial charge in [0, 0.05) is 122 Å². The van der Waals surface area contributed by atoms with Gasteiger partial charge in [-0.15, -0.1) is 0 Å². The molecule has 1 aliphatic carbocycles. The van der Waals surface area contributed by atoms with Crippen molar-refractivity contribution in [3.05, 3.63) is 214 Å². The molecule has 4 N–H and O–H groups in total. The van der Waals surface area contributed by atoms with Gasteiger partial charge in [-0.3, -0.25) is 59.9 Å². The Morgan fingerprint density at radius 2 is 0.695 bits per heavy atom. The standard InChI is InChI=1S/C23H20ClN7O2.C22H16ClN7O2.C22H18ClN7O2.C21H16ClN7O2/c1-23(2,3)33-22(32)29-21-17(12-25)27-19(20(28-21)16-7-9-31(4)30-16)14-10-13-6-5-8-26-18(13)15(24)11-14;1-30-8-6-16(29-30)20-19(13-9-12-3-2-7-25-18(12)15(23)10-13)26-17(11-24)21(27-20)28-22(31)32-14-4-5-14;1-12(2)32-22(31)28-21-17(11-24)26-19(20(27-21)16-6-8-30(3)29-16)14-9-13-5-4-7-25-18(13)15(23)10-14;1-3-31-21(30)27-20-16(11-23)25-18(19(26-20)15-6-8-29(2)28-15)13-9-12-5-4-7-24-17(12)14(22)10-13/h5-11H,1-4H3,(H,28,29,32);2-3,6-10,14H,4-5H2,1H3,(H,27,28,31);4-10,12H,1-3H3,(H,27,28,31);4-10H,3H2,1-2H3,(H,26,27,30). The van der Waals surface area contributed by atoms with Gasteiger partial charge in [-0.25, -0.2) is 59.0 Å². The third-order valence-electron chi connectivity index (χ3n) is 18.3. The zero-order chi connectivity index (χ0) is 90.8. The molecule has 0 radical (unpaired) electrons. The molecular weight excluding hydrogens is 1720 g/mol. The summed E-state index contributed by atoms with van der Waals surface area (Å²) in [4.78, 5) is 102. The number of pyridine rings is 4. The zero-order valence-corrected chi connectivity index (χ0v) is 72.5. The van der Waals surface area contributed by atoms with Gasteiger partial charge in [-0.05, 0) is 151 Å². The average molecular weight is 1790 g/mol. The highest BCUT2D eigenvalue weighted by molar-refractivity contribution is 6.37. The molecule has 4 amide bonds. The fraction of sp³-hybridized carbons (Fsp3) is 0.182. The van der Waals surface area contributed by atoms with Gasteiger partial charge in [-0.2, -0.15) is 41.4 Å². The van der Waals surface area contributed by atoms with E-state index in [-0.39, 0.29) is 64.9 Å². The predicted molar refractivity (Wildman–Crippen MR) is 478 cm³/mol. The number of fused-ring (bicyclic) bond motifs is 4. The van der Waals surface area contributed by atoms with Crippen LogP contribution in [0, 0.1) is 45.3 Å². The number of hydrogen-bond donors (Lipinski definition) is 4. The Bertz CT molecular complexity index is 7040. The number of rotatable bonds is 15. The van der Waals surface area contributed by atoms with Gasteiger partial charge in [-0.1, -0.05) is 70.7 Å². The van der Waals surface area contributed by atoms with Gasteiger partial charge < -0.3 is 18.9 Å². The Balaban J connectivity index is 0.000000138. The normalized spacial score (nSPS) is 11.5. The lowest BCUT2D eigenvalue weighted by molar-refractivity contribution is 0.0634. The molecule has 40 heteroatoms. The van der Waals surface area contributed by atoms with Gasteiger partial charge in [0.2, 0.25) is 0 Å². The summed E-state index contributed by atoms with van der Waals surface area (Å²) in [6, 6.07) is 44.1. The van der Waals surface area contributed by atoms with Crippen molar-refractivity contribution < 1.29 is 38.1 Å². The Morgan fingerprint density at radius 1 is 0.414 bits per heavy atom. The van der Waals surface area contributed by atoms with Crippen LogP contribution in [0.4, 0.5) is 42.4 Å². The third-order valence-corrected chi connectivity index (χ3v) is 19.4. The van der Waals surface area contributed by atoms with Crippen LogP contribution in [-0.2, 0) is 47.1 Å². The Labute approximate surface area is 748 Å². The molecule has 0 saturated heterocycles. The van der Waals surface area contributed by atoms with Gasteiger partial charge in [0.15, 0.2) is 46.0 Å². The lowest BCUT2D eigenvalue weighted by Gasteiger charge is -2.20. The molecule has 0 unspecified atom stereocenters. The number of aromatic nitrogens is 20. The summed E-state index contributed by atoms with van der Waals surface area (Å²) in [5, 5.41) is 71.4. The maximum Gasteiger partial charge on any atom is 0.413 e. The highest BCUT2D eigenvalue weighted by atomic mass is 35.5. The molecule has 0 atom stereocenters. The number of ether oxygens (including phenoxy) is 4. The summed E-state index contributed by atoms with van der Waals surface area (Å²) >= 11 is 25.9. The quantitative estimate of drug-likeness (QED) is 0.0692. The molecule has 12 aromatic heterocycles. The van der Waals surface area contributed by atoms with E-state index in [1.165, 1.54) is 0 Å². The van der Waals surface area contributed by atoms with E-state index in [1.54, 1.807) is 193 Å². The second-order valence-corrected chi connectivity index (χ2v) is 31.0. The third kappa shape index (κ3) is 20.7. The van der Waals surface area contributed by atoms with Crippen molar-refractivity contribution in [1.29, 1.82) is 21.0 Å². The zero-order valence-electron chi connectivity index (χ0n) is 69.5. The number of aryl methyl sites for hydroxylation is 4. The van der Waals surface area contributed by atoms with E-state index < -0.39 is 30.0 Å². The molecule has 16 aromatic rings. The number of nitrogens with zero attached hydrogens (tertiary/aromatic N) is 24. The van der Waals surface area contributed by atoms with Crippen LogP contribution in [-0.4, -0.2) is 148 Å². The molecule has 128 heavy (non-hydrogen) atoms. The Morgan fingerprint density at radius 3 is 0.945 bits per heavy atom. The van der Waals surface area contributed by atoms with Crippen LogP contribution >= 0.6 is 46.4 Å². The average Bonchev–Trinajstić information content (AvgIpc) is 1.10. The molecule has 17 rings (SSSR count). The minimum atomic E-state index is -0.743. The largest absolute Gasteiger partial charge is 0.450 e. The number of nitrogens with one attached hydrogen (secondary N) is 4. The van der Waals surface area contributed by atoms with E-state index in [0.29, 0.717) is 133 Å². The number of halogens is 4. The van der Waals surface area contributed by atoms with Crippen molar-refractivity contribution >= 4 is 138 Å². The van der Waals surface area contributed by atoms with Crippen LogP contribution in [0.2, 0.25) is 20.1 Å². The number of amides is 4. The second-order valence-electron chi connectivity index (χ2n) is 29.3. The molecule has 1 aliphatic rings. The molecule has 1 fully saturated rings. The van der Waals surface area contributed by atoms with E-state index in [0.717, 1.165) is 34.4 Å². The minimum absolute atomic E-state index is 0.0103. The molecule has 638 valence electrons. The molecular formula is C88H70Cl4N28O8. The topological polar surface area (TPSA) is 474 Å². The van der Waals surface area contributed by atoms with E-state index in [2.05, 4.69) is 101 Å². The van der Waals surface area contributed by atoms with Crippen molar-refractivity contribution in [1.82, 2.24) is 98.9 Å². The molecule has 0 bridgehead atoms. The summed E-state index contributed by atoms with van der Waals surface area (Å²) in [6.07, 6.45) is 12.1. The fourth-order valence-electron chi connectivity index (χ4n) is 12.7. The Kier molecular flexibility index (Phi) is 26.4. The van der Waals surface area contributed by atoms with E-state index in [9.17, 15) is 40.2 Å². The van der Waals surface area contributed by atoms with Crippen LogP contribution in [0.25, 0.3) is 134 Å². The number of carbonyl (C=O) groups excluding carboxylic acids is 4. The highest BCUT2D eigenvalue weighted by Crippen LogP contribution is 2.41. The van der Waals surface area contributed by atoms with E-state index in [1.807, 2.05) is 91.0 Å².